The maximum atomic E-state index is 12.6. The van der Waals surface area contributed by atoms with Gasteiger partial charge in [0.1, 0.15) is 0 Å². The molecule has 3 rings (SSSR count). The summed E-state index contributed by atoms with van der Waals surface area (Å²) in [5.41, 5.74) is 3.31. The molecule has 3 aromatic rings. The number of hydrogen-bond donors (Lipinski definition) is 3. The Bertz CT molecular complexity index is 1150. The third kappa shape index (κ3) is 6.09. The molecule has 3 N–H and O–H groups in total. The van der Waals surface area contributed by atoms with E-state index in [9.17, 15) is 8.42 Å². The van der Waals surface area contributed by atoms with E-state index < -0.39 is 10.0 Å². The summed E-state index contributed by atoms with van der Waals surface area (Å²) >= 11 is 17.1. The second-order valence-electron chi connectivity index (χ2n) is 6.55. The van der Waals surface area contributed by atoms with Crippen LogP contribution < -0.4 is 15.4 Å². The van der Waals surface area contributed by atoms with Gasteiger partial charge in [-0.3, -0.25) is 4.72 Å². The number of benzene rings is 3. The minimum Gasteiger partial charge on any atom is -0.358 e. The molecule has 0 saturated carbocycles. The van der Waals surface area contributed by atoms with Gasteiger partial charge in [0, 0.05) is 12.2 Å². The van der Waals surface area contributed by atoms with Gasteiger partial charge in [-0.2, -0.15) is 0 Å². The number of aryl methyl sites for hydroxylation is 1. The Hall–Kier alpha value is -2.32. The number of halogens is 2. The second-order valence-corrected chi connectivity index (χ2v) is 9.46. The van der Waals surface area contributed by atoms with Gasteiger partial charge < -0.3 is 10.6 Å². The lowest BCUT2D eigenvalue weighted by Gasteiger charge is -2.12. The van der Waals surface area contributed by atoms with E-state index in [1.54, 1.807) is 18.2 Å². The zero-order valence-corrected chi connectivity index (χ0v) is 19.1. The van der Waals surface area contributed by atoms with Crippen LogP contribution in [0.2, 0.25) is 10.0 Å². The molecule has 0 aliphatic heterocycles. The smallest absolute Gasteiger partial charge is 0.261 e. The minimum atomic E-state index is -3.77. The Kier molecular flexibility index (Phi) is 7.20. The van der Waals surface area contributed by atoms with Gasteiger partial charge in [-0.25, -0.2) is 8.42 Å². The van der Waals surface area contributed by atoms with Crippen LogP contribution in [-0.2, 0) is 16.6 Å². The number of sulfonamides is 1. The third-order valence-electron chi connectivity index (χ3n) is 4.17. The molecular weight excluding hydrogens is 461 g/mol. The molecule has 0 fully saturated rings. The van der Waals surface area contributed by atoms with Crippen LogP contribution in [-0.4, -0.2) is 13.5 Å². The summed E-state index contributed by atoms with van der Waals surface area (Å²) in [5.74, 6) is 0. The Morgan fingerprint density at radius 3 is 2.17 bits per heavy atom. The van der Waals surface area contributed by atoms with Crippen molar-refractivity contribution < 1.29 is 8.42 Å². The zero-order valence-electron chi connectivity index (χ0n) is 15.9. The summed E-state index contributed by atoms with van der Waals surface area (Å²) in [4.78, 5) is 0.109. The average molecular weight is 480 g/mol. The molecule has 30 heavy (non-hydrogen) atoms. The lowest BCUT2D eigenvalue weighted by Crippen LogP contribution is -2.27. The number of anilines is 2. The lowest BCUT2D eigenvalue weighted by molar-refractivity contribution is 0.601. The van der Waals surface area contributed by atoms with Gasteiger partial charge in [-0.05, 0) is 67.2 Å². The number of rotatable bonds is 6. The second kappa shape index (κ2) is 9.66. The number of nitrogens with one attached hydrogen (secondary N) is 3. The van der Waals surface area contributed by atoms with Gasteiger partial charge in [-0.1, -0.05) is 53.0 Å². The highest BCUT2D eigenvalue weighted by molar-refractivity contribution is 7.92. The van der Waals surface area contributed by atoms with E-state index in [2.05, 4.69) is 15.4 Å². The number of hydrogen-bond acceptors (Lipinski definition) is 3. The zero-order chi connectivity index (χ0) is 21.7. The predicted octanol–water partition coefficient (Wildman–Crippen LogP) is 5.59. The van der Waals surface area contributed by atoms with Gasteiger partial charge in [0.15, 0.2) is 5.11 Å². The molecule has 0 spiro atoms. The first-order valence-electron chi connectivity index (χ1n) is 8.91. The first kappa shape index (κ1) is 22.4. The van der Waals surface area contributed by atoms with Crippen LogP contribution in [0.25, 0.3) is 0 Å². The van der Waals surface area contributed by atoms with Gasteiger partial charge >= 0.3 is 0 Å². The molecule has 3 aromatic carbocycles. The molecule has 0 radical (unpaired) electrons. The molecule has 156 valence electrons. The SMILES string of the molecule is Cc1ccc(CNC(=S)Nc2ccc(S(=O)(=O)Nc3ccc(Cl)c(Cl)c3)cc2)cc1. The first-order valence-corrected chi connectivity index (χ1v) is 11.6. The third-order valence-corrected chi connectivity index (χ3v) is 6.55. The van der Waals surface area contributed by atoms with Crippen molar-refractivity contribution in [2.24, 2.45) is 0 Å². The normalized spacial score (nSPS) is 11.0. The summed E-state index contributed by atoms with van der Waals surface area (Å²) in [6.07, 6.45) is 0. The largest absolute Gasteiger partial charge is 0.358 e. The maximum absolute atomic E-state index is 12.6. The summed E-state index contributed by atoms with van der Waals surface area (Å²) in [6, 6.07) is 18.9. The molecular formula is C21H19Cl2N3O2S2. The molecule has 0 aromatic heterocycles. The van der Waals surface area contributed by atoms with Crippen molar-refractivity contribution in [2.75, 3.05) is 10.0 Å². The standard InChI is InChI=1S/C21H19Cl2N3O2S2/c1-14-2-4-15(5-3-14)13-24-21(29)25-16-6-9-18(10-7-16)30(27,28)26-17-8-11-19(22)20(23)12-17/h2-12,26H,13H2,1H3,(H2,24,25,29). The van der Waals surface area contributed by atoms with Gasteiger partial charge in [0.25, 0.3) is 10.0 Å². The highest BCUT2D eigenvalue weighted by atomic mass is 35.5. The van der Waals surface area contributed by atoms with Crippen LogP contribution in [0.3, 0.4) is 0 Å². The monoisotopic (exact) mass is 479 g/mol. The predicted molar refractivity (Wildman–Crippen MR) is 128 cm³/mol. The van der Waals surface area contributed by atoms with Crippen LogP contribution in [0.1, 0.15) is 11.1 Å². The maximum Gasteiger partial charge on any atom is 0.261 e. The van der Waals surface area contributed by atoms with E-state index in [1.165, 1.54) is 29.8 Å². The Morgan fingerprint density at radius 2 is 1.53 bits per heavy atom. The van der Waals surface area contributed by atoms with E-state index in [0.717, 1.165) is 5.56 Å². The van der Waals surface area contributed by atoms with Crippen LogP contribution in [0, 0.1) is 6.92 Å². The van der Waals surface area contributed by atoms with Crippen LogP contribution in [0.4, 0.5) is 11.4 Å². The summed E-state index contributed by atoms with van der Waals surface area (Å²) in [6.45, 7) is 2.62. The van der Waals surface area contributed by atoms with Crippen molar-refractivity contribution in [3.63, 3.8) is 0 Å². The van der Waals surface area contributed by atoms with Crippen molar-refractivity contribution in [2.45, 2.75) is 18.4 Å². The molecule has 0 saturated heterocycles. The molecule has 0 heterocycles. The van der Waals surface area contributed by atoms with Crippen molar-refractivity contribution in [3.8, 4) is 0 Å². The molecule has 0 amide bonds. The van der Waals surface area contributed by atoms with Crippen molar-refractivity contribution in [1.82, 2.24) is 5.32 Å². The van der Waals surface area contributed by atoms with Crippen molar-refractivity contribution in [3.05, 3.63) is 87.9 Å². The van der Waals surface area contributed by atoms with Gasteiger partial charge in [0.2, 0.25) is 0 Å². The van der Waals surface area contributed by atoms with E-state index in [4.69, 9.17) is 35.4 Å². The molecule has 9 heteroatoms. The van der Waals surface area contributed by atoms with Gasteiger partial charge in [0.05, 0.1) is 20.6 Å². The first-order chi connectivity index (χ1) is 14.2. The van der Waals surface area contributed by atoms with Crippen molar-refractivity contribution >= 4 is 61.9 Å². The molecule has 5 nitrogen and oxygen atoms in total. The lowest BCUT2D eigenvalue weighted by atomic mass is 10.1. The fourth-order valence-corrected chi connectivity index (χ4v) is 4.09. The van der Waals surface area contributed by atoms with E-state index in [-0.39, 0.29) is 9.92 Å². The average Bonchev–Trinajstić information content (AvgIpc) is 2.70. The number of thiocarbonyl (C=S) groups is 1. The highest BCUT2D eigenvalue weighted by Crippen LogP contribution is 2.26. The molecule has 0 bridgehead atoms. The molecule has 0 atom stereocenters. The topological polar surface area (TPSA) is 70.2 Å². The van der Waals surface area contributed by atoms with Crippen LogP contribution in [0.15, 0.2) is 71.6 Å². The quantitative estimate of drug-likeness (QED) is 0.402. The summed E-state index contributed by atoms with van der Waals surface area (Å²) in [7, 11) is -3.77. The molecule has 0 aliphatic rings. The molecule has 0 unspecified atom stereocenters. The summed E-state index contributed by atoms with van der Waals surface area (Å²) in [5, 5.41) is 7.22. The van der Waals surface area contributed by atoms with Crippen molar-refractivity contribution in [1.29, 1.82) is 0 Å². The molecule has 0 aliphatic carbocycles. The summed E-state index contributed by atoms with van der Waals surface area (Å²) < 4.78 is 27.6. The fourth-order valence-electron chi connectivity index (χ4n) is 2.55. The minimum absolute atomic E-state index is 0.109. The Balaban J connectivity index is 1.59. The van der Waals surface area contributed by atoms with E-state index in [0.29, 0.717) is 28.1 Å². The van der Waals surface area contributed by atoms with E-state index in [1.807, 2.05) is 31.2 Å². The van der Waals surface area contributed by atoms with E-state index >= 15 is 0 Å². The Labute approximate surface area is 191 Å². The van der Waals surface area contributed by atoms with Gasteiger partial charge in [-0.15, -0.1) is 0 Å². The van der Waals surface area contributed by atoms with Crippen LogP contribution >= 0.6 is 35.4 Å². The Morgan fingerprint density at radius 1 is 0.900 bits per heavy atom. The highest BCUT2D eigenvalue weighted by Gasteiger charge is 2.15. The fraction of sp³-hybridized carbons (Fsp3) is 0.0952. The van der Waals surface area contributed by atoms with Crippen LogP contribution in [0.5, 0.6) is 0 Å².